The van der Waals surface area contributed by atoms with Crippen LogP contribution in [0.1, 0.15) is 23.6 Å². The molecule has 0 saturated carbocycles. The molecule has 0 radical (unpaired) electrons. The zero-order valence-corrected chi connectivity index (χ0v) is 14.2. The lowest BCUT2D eigenvalue weighted by atomic mass is 10.1. The molecule has 0 spiro atoms. The fourth-order valence-corrected chi connectivity index (χ4v) is 2.78. The van der Waals surface area contributed by atoms with Gasteiger partial charge < -0.3 is 9.88 Å². The van der Waals surface area contributed by atoms with Gasteiger partial charge in [0.15, 0.2) is 0 Å². The van der Waals surface area contributed by atoms with Gasteiger partial charge in [-0.15, -0.1) is 0 Å². The number of hydrogen-bond donors (Lipinski definition) is 1. The first-order chi connectivity index (χ1) is 11.9. The second-order valence-corrected chi connectivity index (χ2v) is 6.22. The van der Waals surface area contributed by atoms with Crippen molar-refractivity contribution in [1.29, 1.82) is 0 Å². The first-order valence-corrected chi connectivity index (χ1v) is 8.05. The van der Waals surface area contributed by atoms with Crippen LogP contribution >= 0.6 is 0 Å². The number of aromatic nitrogens is 1. The van der Waals surface area contributed by atoms with Crippen molar-refractivity contribution in [2.24, 2.45) is 0 Å². The number of amides is 1. The molecular weight excluding hydrogens is 319 g/mol. The van der Waals surface area contributed by atoms with Crippen molar-refractivity contribution < 1.29 is 9.18 Å². The summed E-state index contributed by atoms with van der Waals surface area (Å²) in [7, 11) is 0. The van der Waals surface area contributed by atoms with Gasteiger partial charge in [-0.05, 0) is 48.2 Å². The van der Waals surface area contributed by atoms with Crippen LogP contribution in [-0.4, -0.2) is 15.8 Å². The van der Waals surface area contributed by atoms with E-state index in [1.807, 2.05) is 31.2 Å². The van der Waals surface area contributed by atoms with E-state index in [1.54, 1.807) is 17.0 Å². The second-order valence-electron chi connectivity index (χ2n) is 6.22. The molecule has 0 atom stereocenters. The van der Waals surface area contributed by atoms with Crippen molar-refractivity contribution >= 4 is 16.8 Å². The molecule has 25 heavy (non-hydrogen) atoms. The minimum absolute atomic E-state index is 0.145. The molecule has 1 heterocycles. The number of carbonyl (C=O) groups is 1. The summed E-state index contributed by atoms with van der Waals surface area (Å²) in [6.07, 6.45) is 0. The molecule has 3 rings (SSSR count). The highest BCUT2D eigenvalue weighted by Crippen LogP contribution is 2.15. The Hall–Kier alpha value is -2.95. The molecule has 0 bridgehead atoms. The fraction of sp³-hybridized carbons (Fsp3) is 0.200. The van der Waals surface area contributed by atoms with Crippen LogP contribution in [0.4, 0.5) is 4.39 Å². The summed E-state index contributed by atoms with van der Waals surface area (Å²) in [6.45, 7) is 3.97. The van der Waals surface area contributed by atoms with Gasteiger partial charge in [-0.1, -0.05) is 23.8 Å². The third-order valence-corrected chi connectivity index (χ3v) is 4.17. The van der Waals surface area contributed by atoms with E-state index in [4.69, 9.17) is 0 Å². The molecule has 0 saturated heterocycles. The van der Waals surface area contributed by atoms with Crippen LogP contribution in [0.3, 0.4) is 0 Å². The fourth-order valence-electron chi connectivity index (χ4n) is 2.78. The number of rotatable bonds is 4. The molecule has 1 N–H and O–H groups in total. The number of aromatic amines is 1. The third-order valence-electron chi connectivity index (χ3n) is 4.17. The minimum atomic E-state index is -0.320. The first-order valence-electron chi connectivity index (χ1n) is 8.05. The molecular formula is C20H19FN2O2. The van der Waals surface area contributed by atoms with E-state index in [0.29, 0.717) is 12.1 Å². The maximum Gasteiger partial charge on any atom is 0.253 e. The number of pyridine rings is 1. The average molecular weight is 338 g/mol. The van der Waals surface area contributed by atoms with E-state index >= 15 is 0 Å². The summed E-state index contributed by atoms with van der Waals surface area (Å²) in [6, 6.07) is 13.6. The zero-order valence-electron chi connectivity index (χ0n) is 14.2. The van der Waals surface area contributed by atoms with Crippen molar-refractivity contribution in [1.82, 2.24) is 9.88 Å². The Kier molecular flexibility index (Phi) is 4.65. The molecule has 1 amide bonds. The largest absolute Gasteiger partial charge is 0.334 e. The highest BCUT2D eigenvalue weighted by molar-refractivity contribution is 5.80. The van der Waals surface area contributed by atoms with E-state index in [-0.39, 0.29) is 23.8 Å². The lowest BCUT2D eigenvalue weighted by Gasteiger charge is -2.21. The van der Waals surface area contributed by atoms with Crippen molar-refractivity contribution in [3.63, 3.8) is 0 Å². The van der Waals surface area contributed by atoms with Gasteiger partial charge in [-0.2, -0.15) is 0 Å². The van der Waals surface area contributed by atoms with Crippen molar-refractivity contribution in [3.8, 4) is 0 Å². The lowest BCUT2D eigenvalue weighted by Crippen LogP contribution is -2.30. The highest BCUT2D eigenvalue weighted by atomic mass is 19.1. The standard InChI is InChI=1S/C20H19FN2O2/c1-13-3-8-19-16(9-13)10-17(20(25)22-19)12-23(14(2)24)11-15-4-6-18(21)7-5-15/h3-10H,11-12H2,1-2H3,(H,22,25). The van der Waals surface area contributed by atoms with Gasteiger partial charge in [0.1, 0.15) is 5.82 Å². The molecule has 0 aliphatic carbocycles. The summed E-state index contributed by atoms with van der Waals surface area (Å²) >= 11 is 0. The normalized spacial score (nSPS) is 10.8. The van der Waals surface area contributed by atoms with Gasteiger partial charge >= 0.3 is 0 Å². The maximum atomic E-state index is 13.0. The number of nitrogens with one attached hydrogen (secondary N) is 1. The summed E-state index contributed by atoms with van der Waals surface area (Å²) in [5.41, 5.74) is 2.99. The van der Waals surface area contributed by atoms with Crippen LogP contribution in [0.5, 0.6) is 0 Å². The number of hydrogen-bond acceptors (Lipinski definition) is 2. The van der Waals surface area contributed by atoms with Crippen LogP contribution in [-0.2, 0) is 17.9 Å². The molecule has 0 aliphatic heterocycles. The van der Waals surface area contributed by atoms with Crippen molar-refractivity contribution in [3.05, 3.63) is 81.4 Å². The smallest absolute Gasteiger partial charge is 0.253 e. The Bertz CT molecular complexity index is 977. The minimum Gasteiger partial charge on any atom is -0.334 e. The number of halogens is 1. The number of nitrogens with zero attached hydrogens (tertiary/aromatic N) is 1. The average Bonchev–Trinajstić information content (AvgIpc) is 2.57. The topological polar surface area (TPSA) is 53.2 Å². The van der Waals surface area contributed by atoms with Crippen molar-refractivity contribution in [2.45, 2.75) is 26.9 Å². The van der Waals surface area contributed by atoms with Gasteiger partial charge in [0.2, 0.25) is 5.91 Å². The Labute approximate surface area is 144 Å². The number of aryl methyl sites for hydroxylation is 1. The molecule has 0 unspecified atom stereocenters. The van der Waals surface area contributed by atoms with Crippen LogP contribution in [0.15, 0.2) is 53.3 Å². The molecule has 4 nitrogen and oxygen atoms in total. The SMILES string of the molecule is CC(=O)N(Cc1ccc(F)cc1)Cc1cc2cc(C)ccc2[nH]c1=O. The van der Waals surface area contributed by atoms with E-state index in [1.165, 1.54) is 19.1 Å². The van der Waals surface area contributed by atoms with Crippen LogP contribution in [0.2, 0.25) is 0 Å². The number of fused-ring (bicyclic) bond motifs is 1. The van der Waals surface area contributed by atoms with Crippen molar-refractivity contribution in [2.75, 3.05) is 0 Å². The Balaban J connectivity index is 1.90. The predicted molar refractivity (Wildman–Crippen MR) is 95.6 cm³/mol. The Morgan fingerprint density at radius 1 is 1.08 bits per heavy atom. The van der Waals surface area contributed by atoms with E-state index in [9.17, 15) is 14.0 Å². The van der Waals surface area contributed by atoms with Gasteiger partial charge in [-0.25, -0.2) is 4.39 Å². The maximum absolute atomic E-state index is 13.0. The van der Waals surface area contributed by atoms with Gasteiger partial charge in [0.05, 0.1) is 6.54 Å². The van der Waals surface area contributed by atoms with Crippen LogP contribution < -0.4 is 5.56 Å². The number of carbonyl (C=O) groups excluding carboxylic acids is 1. The molecule has 0 fully saturated rings. The monoisotopic (exact) mass is 338 g/mol. The summed E-state index contributed by atoms with van der Waals surface area (Å²) in [5, 5.41) is 0.930. The van der Waals surface area contributed by atoms with Crippen LogP contribution in [0.25, 0.3) is 10.9 Å². The highest BCUT2D eigenvalue weighted by Gasteiger charge is 2.13. The molecule has 128 valence electrons. The third kappa shape index (κ3) is 3.94. The first kappa shape index (κ1) is 16.9. The van der Waals surface area contributed by atoms with Crippen LogP contribution in [0, 0.1) is 12.7 Å². The van der Waals surface area contributed by atoms with Gasteiger partial charge in [0, 0.05) is 24.5 Å². The molecule has 3 aromatic rings. The summed E-state index contributed by atoms with van der Waals surface area (Å²) in [5.74, 6) is -0.465. The molecule has 2 aromatic carbocycles. The van der Waals surface area contributed by atoms with E-state index < -0.39 is 0 Å². The summed E-state index contributed by atoms with van der Waals surface area (Å²) < 4.78 is 13.0. The molecule has 1 aromatic heterocycles. The molecule has 0 aliphatic rings. The molecule has 5 heteroatoms. The van der Waals surface area contributed by atoms with E-state index in [0.717, 1.165) is 22.0 Å². The Morgan fingerprint density at radius 2 is 1.80 bits per heavy atom. The van der Waals surface area contributed by atoms with Gasteiger partial charge in [-0.3, -0.25) is 9.59 Å². The lowest BCUT2D eigenvalue weighted by molar-refractivity contribution is -0.130. The Morgan fingerprint density at radius 3 is 2.48 bits per heavy atom. The van der Waals surface area contributed by atoms with E-state index in [2.05, 4.69) is 4.98 Å². The zero-order chi connectivity index (χ0) is 18.0. The number of benzene rings is 2. The quantitative estimate of drug-likeness (QED) is 0.791. The van der Waals surface area contributed by atoms with Gasteiger partial charge in [0.25, 0.3) is 5.56 Å². The predicted octanol–water partition coefficient (Wildman–Crippen LogP) is 3.52. The second kappa shape index (κ2) is 6.89. The summed E-state index contributed by atoms with van der Waals surface area (Å²) in [4.78, 5) is 28.7. The number of H-pyrrole nitrogens is 1.